The Balaban J connectivity index is 1.67. The van der Waals surface area contributed by atoms with Gasteiger partial charge in [-0.25, -0.2) is 9.78 Å². The zero-order valence-electron chi connectivity index (χ0n) is 14.0. The fourth-order valence-electron chi connectivity index (χ4n) is 2.96. The number of nitrogens with one attached hydrogen (secondary N) is 2. The summed E-state index contributed by atoms with van der Waals surface area (Å²) in [5.41, 5.74) is 0. The van der Waals surface area contributed by atoms with Crippen LogP contribution in [0.5, 0.6) is 0 Å². The van der Waals surface area contributed by atoms with Gasteiger partial charge in [-0.05, 0) is 44.2 Å². The maximum Gasteiger partial charge on any atom is 0.315 e. The summed E-state index contributed by atoms with van der Waals surface area (Å²) in [5.74, 6) is 1.27. The fourth-order valence-corrected chi connectivity index (χ4v) is 2.96. The minimum Gasteiger partial charge on any atom is -0.393 e. The highest BCUT2D eigenvalue weighted by molar-refractivity contribution is 5.74. The minimum absolute atomic E-state index is 0.112. The minimum atomic E-state index is -0.328. The molecule has 3 N–H and O–H groups in total. The number of pyridine rings is 1. The van der Waals surface area contributed by atoms with Crippen molar-refractivity contribution < 1.29 is 9.90 Å². The van der Waals surface area contributed by atoms with Gasteiger partial charge in [-0.2, -0.15) is 0 Å². The molecule has 0 saturated carbocycles. The number of hydrogen-bond acceptors (Lipinski definition) is 4. The number of amides is 2. The zero-order chi connectivity index (χ0) is 16.7. The highest BCUT2D eigenvalue weighted by Gasteiger charge is 2.21. The van der Waals surface area contributed by atoms with Crippen molar-refractivity contribution in [2.24, 2.45) is 5.92 Å². The number of rotatable bonds is 6. The summed E-state index contributed by atoms with van der Waals surface area (Å²) in [6.07, 6.45) is 4.02. The van der Waals surface area contributed by atoms with Gasteiger partial charge < -0.3 is 20.6 Å². The molecule has 2 atom stereocenters. The molecule has 0 spiro atoms. The van der Waals surface area contributed by atoms with E-state index in [2.05, 4.69) is 20.5 Å². The van der Waals surface area contributed by atoms with Crippen molar-refractivity contribution in [3.05, 3.63) is 24.4 Å². The average molecular weight is 320 g/mol. The van der Waals surface area contributed by atoms with Gasteiger partial charge in [0, 0.05) is 31.9 Å². The topological polar surface area (TPSA) is 77.5 Å². The molecule has 2 amide bonds. The van der Waals surface area contributed by atoms with Crippen molar-refractivity contribution in [3.8, 4) is 0 Å². The lowest BCUT2D eigenvalue weighted by atomic mass is 10.0. The summed E-state index contributed by atoms with van der Waals surface area (Å²) < 4.78 is 0. The van der Waals surface area contributed by atoms with E-state index in [1.807, 2.05) is 31.3 Å². The molecule has 1 aromatic heterocycles. The van der Waals surface area contributed by atoms with Crippen molar-refractivity contribution in [2.75, 3.05) is 24.5 Å². The molecule has 6 nitrogen and oxygen atoms in total. The first-order valence-corrected chi connectivity index (χ1v) is 8.43. The van der Waals surface area contributed by atoms with Crippen molar-refractivity contribution in [1.29, 1.82) is 0 Å². The van der Waals surface area contributed by atoms with E-state index in [1.165, 1.54) is 0 Å². The van der Waals surface area contributed by atoms with Crippen LogP contribution in [0.3, 0.4) is 0 Å². The molecular formula is C17H28N4O2. The summed E-state index contributed by atoms with van der Waals surface area (Å²) in [6.45, 7) is 6.19. The number of aliphatic hydroxyl groups excluding tert-OH is 1. The molecule has 0 bridgehead atoms. The monoisotopic (exact) mass is 320 g/mol. The number of anilines is 1. The molecule has 0 aromatic carbocycles. The van der Waals surface area contributed by atoms with E-state index < -0.39 is 0 Å². The highest BCUT2D eigenvalue weighted by Crippen LogP contribution is 2.17. The number of aromatic nitrogens is 1. The Bertz CT molecular complexity index is 473. The van der Waals surface area contributed by atoms with Gasteiger partial charge in [-0.1, -0.05) is 13.0 Å². The van der Waals surface area contributed by atoms with Crippen molar-refractivity contribution in [2.45, 2.75) is 45.3 Å². The summed E-state index contributed by atoms with van der Waals surface area (Å²) in [7, 11) is 0. The lowest BCUT2D eigenvalue weighted by Crippen LogP contribution is -2.48. The van der Waals surface area contributed by atoms with Gasteiger partial charge in [-0.15, -0.1) is 0 Å². The number of nitrogens with zero attached hydrogens (tertiary/aromatic N) is 2. The van der Waals surface area contributed by atoms with Crippen LogP contribution in [-0.4, -0.2) is 47.9 Å². The Morgan fingerprint density at radius 2 is 2.13 bits per heavy atom. The normalized spacial score (nSPS) is 18.3. The number of aliphatic hydroxyl groups is 1. The first-order chi connectivity index (χ1) is 11.0. The second-order valence-corrected chi connectivity index (χ2v) is 6.49. The predicted molar refractivity (Wildman–Crippen MR) is 91.5 cm³/mol. The van der Waals surface area contributed by atoms with Crippen LogP contribution >= 0.6 is 0 Å². The smallest absolute Gasteiger partial charge is 0.315 e. The SMILES string of the molecule is CC(O)CC(C)CNC(=O)NC1CCN(c2ccccn2)CC1. The molecule has 128 valence electrons. The van der Waals surface area contributed by atoms with Crippen LogP contribution in [0.1, 0.15) is 33.1 Å². The Labute approximate surface area is 138 Å². The van der Waals surface area contributed by atoms with Crippen LogP contribution in [-0.2, 0) is 0 Å². The molecule has 23 heavy (non-hydrogen) atoms. The first-order valence-electron chi connectivity index (χ1n) is 8.43. The van der Waals surface area contributed by atoms with Crippen LogP contribution < -0.4 is 15.5 Å². The molecule has 1 saturated heterocycles. The van der Waals surface area contributed by atoms with Gasteiger partial charge in [0.05, 0.1) is 6.10 Å². The first kappa shape index (κ1) is 17.5. The van der Waals surface area contributed by atoms with Gasteiger partial charge in [0.15, 0.2) is 0 Å². The number of carbonyl (C=O) groups excluding carboxylic acids is 1. The van der Waals surface area contributed by atoms with E-state index in [0.29, 0.717) is 13.0 Å². The molecule has 1 aromatic rings. The molecule has 1 aliphatic heterocycles. The van der Waals surface area contributed by atoms with Gasteiger partial charge >= 0.3 is 6.03 Å². The number of hydrogen-bond donors (Lipinski definition) is 3. The molecular weight excluding hydrogens is 292 g/mol. The van der Waals surface area contributed by atoms with Crippen LogP contribution in [0.15, 0.2) is 24.4 Å². The summed E-state index contributed by atoms with van der Waals surface area (Å²) >= 11 is 0. The third kappa shape index (κ3) is 6.06. The Morgan fingerprint density at radius 3 is 2.74 bits per heavy atom. The molecule has 2 heterocycles. The van der Waals surface area contributed by atoms with Crippen LogP contribution in [0, 0.1) is 5.92 Å². The van der Waals surface area contributed by atoms with E-state index in [-0.39, 0.29) is 24.1 Å². The Morgan fingerprint density at radius 1 is 1.39 bits per heavy atom. The standard InChI is InChI=1S/C17H28N4O2/c1-13(11-14(2)22)12-19-17(23)20-15-6-9-21(10-7-15)16-5-3-4-8-18-16/h3-5,8,13-15,22H,6-7,9-12H2,1-2H3,(H2,19,20,23). The van der Waals surface area contributed by atoms with Crippen molar-refractivity contribution in [3.63, 3.8) is 0 Å². The molecule has 0 radical (unpaired) electrons. The Hall–Kier alpha value is -1.82. The maximum atomic E-state index is 11.9. The largest absolute Gasteiger partial charge is 0.393 e. The lowest BCUT2D eigenvalue weighted by molar-refractivity contribution is 0.163. The molecule has 1 aliphatic rings. The van der Waals surface area contributed by atoms with E-state index in [9.17, 15) is 9.90 Å². The van der Waals surface area contributed by atoms with Gasteiger partial charge in [0.1, 0.15) is 5.82 Å². The van der Waals surface area contributed by atoms with Crippen LogP contribution in [0.25, 0.3) is 0 Å². The second kappa shape index (κ2) is 8.72. The number of urea groups is 1. The number of carbonyl (C=O) groups is 1. The summed E-state index contributed by atoms with van der Waals surface area (Å²) in [5, 5.41) is 15.3. The van der Waals surface area contributed by atoms with E-state index in [4.69, 9.17) is 0 Å². The average Bonchev–Trinajstić information content (AvgIpc) is 2.54. The van der Waals surface area contributed by atoms with Gasteiger partial charge in [0.2, 0.25) is 0 Å². The van der Waals surface area contributed by atoms with Gasteiger partial charge in [-0.3, -0.25) is 0 Å². The van der Waals surface area contributed by atoms with E-state index in [1.54, 1.807) is 6.92 Å². The van der Waals surface area contributed by atoms with Crippen molar-refractivity contribution >= 4 is 11.8 Å². The Kier molecular flexibility index (Phi) is 6.65. The molecule has 0 aliphatic carbocycles. The number of piperidine rings is 1. The van der Waals surface area contributed by atoms with Gasteiger partial charge in [0.25, 0.3) is 0 Å². The third-order valence-electron chi connectivity index (χ3n) is 4.16. The van der Waals surface area contributed by atoms with Crippen LogP contribution in [0.4, 0.5) is 10.6 Å². The molecule has 1 fully saturated rings. The van der Waals surface area contributed by atoms with E-state index in [0.717, 1.165) is 31.7 Å². The fraction of sp³-hybridized carbons (Fsp3) is 0.647. The summed E-state index contributed by atoms with van der Waals surface area (Å²) in [4.78, 5) is 18.6. The zero-order valence-corrected chi connectivity index (χ0v) is 14.0. The second-order valence-electron chi connectivity index (χ2n) is 6.49. The highest BCUT2D eigenvalue weighted by atomic mass is 16.3. The lowest BCUT2D eigenvalue weighted by Gasteiger charge is -2.33. The van der Waals surface area contributed by atoms with Crippen molar-refractivity contribution in [1.82, 2.24) is 15.6 Å². The molecule has 2 unspecified atom stereocenters. The quantitative estimate of drug-likeness (QED) is 0.746. The third-order valence-corrected chi connectivity index (χ3v) is 4.16. The maximum absolute atomic E-state index is 11.9. The molecule has 6 heteroatoms. The molecule has 2 rings (SSSR count). The predicted octanol–water partition coefficient (Wildman–Crippen LogP) is 1.76. The summed E-state index contributed by atoms with van der Waals surface area (Å²) in [6, 6.07) is 6.03. The van der Waals surface area contributed by atoms with E-state index >= 15 is 0 Å². The van der Waals surface area contributed by atoms with Crippen LogP contribution in [0.2, 0.25) is 0 Å².